The molecule has 1 unspecified atom stereocenters. The fourth-order valence-electron chi connectivity index (χ4n) is 3.03. The van der Waals surface area contributed by atoms with Crippen molar-refractivity contribution in [2.75, 3.05) is 20.1 Å². The molecule has 0 spiro atoms. The first kappa shape index (κ1) is 22.2. The van der Waals surface area contributed by atoms with Crippen LogP contribution in [0.4, 0.5) is 0 Å². The van der Waals surface area contributed by atoms with Gasteiger partial charge in [0.15, 0.2) is 5.96 Å². The molecule has 25 heavy (non-hydrogen) atoms. The summed E-state index contributed by atoms with van der Waals surface area (Å²) in [5.74, 6) is 1.25. The SMILES string of the molecule is CN=C(NCC(=O)NC1CCCCC1)NCC(C)Cc1cccs1.I. The number of hydrogen-bond acceptors (Lipinski definition) is 3. The van der Waals surface area contributed by atoms with Gasteiger partial charge in [0, 0.05) is 24.5 Å². The van der Waals surface area contributed by atoms with Crippen molar-refractivity contribution in [2.45, 2.75) is 51.5 Å². The molecule has 1 fully saturated rings. The van der Waals surface area contributed by atoms with Crippen LogP contribution in [0.1, 0.15) is 43.9 Å². The Hall–Kier alpha value is -0.830. The summed E-state index contributed by atoms with van der Waals surface area (Å²) in [6.07, 6.45) is 7.03. The molecule has 1 aromatic rings. The van der Waals surface area contributed by atoms with Crippen LogP contribution in [0.2, 0.25) is 0 Å². The first-order chi connectivity index (χ1) is 11.7. The molecule has 0 radical (unpaired) electrons. The van der Waals surface area contributed by atoms with Gasteiger partial charge in [-0.05, 0) is 36.6 Å². The molecule has 3 N–H and O–H groups in total. The van der Waals surface area contributed by atoms with Crippen LogP contribution in [0.3, 0.4) is 0 Å². The Kier molecular flexibility index (Phi) is 11.1. The normalized spacial score (nSPS) is 16.6. The van der Waals surface area contributed by atoms with Crippen molar-refractivity contribution in [1.29, 1.82) is 0 Å². The lowest BCUT2D eigenvalue weighted by Gasteiger charge is -2.23. The van der Waals surface area contributed by atoms with E-state index in [9.17, 15) is 4.79 Å². The number of nitrogens with one attached hydrogen (secondary N) is 3. The van der Waals surface area contributed by atoms with Gasteiger partial charge in [0.25, 0.3) is 0 Å². The Morgan fingerprint density at radius 3 is 2.72 bits per heavy atom. The summed E-state index contributed by atoms with van der Waals surface area (Å²) in [7, 11) is 1.73. The van der Waals surface area contributed by atoms with Crippen molar-refractivity contribution in [3.63, 3.8) is 0 Å². The number of thiophene rings is 1. The van der Waals surface area contributed by atoms with Gasteiger partial charge in [0.2, 0.25) is 5.91 Å². The molecule has 0 saturated heterocycles. The third-order valence-corrected chi connectivity index (χ3v) is 5.26. The zero-order valence-electron chi connectivity index (χ0n) is 15.2. The van der Waals surface area contributed by atoms with E-state index < -0.39 is 0 Å². The molecule has 1 amide bonds. The van der Waals surface area contributed by atoms with Crippen molar-refractivity contribution in [3.05, 3.63) is 22.4 Å². The molecule has 142 valence electrons. The maximum Gasteiger partial charge on any atom is 0.239 e. The fourth-order valence-corrected chi connectivity index (χ4v) is 3.90. The van der Waals surface area contributed by atoms with E-state index in [1.165, 1.54) is 24.1 Å². The molecule has 2 rings (SSSR count). The molecule has 1 aliphatic carbocycles. The van der Waals surface area contributed by atoms with Crippen molar-refractivity contribution in [3.8, 4) is 0 Å². The average molecular weight is 478 g/mol. The highest BCUT2D eigenvalue weighted by Crippen LogP contribution is 2.17. The van der Waals surface area contributed by atoms with Crippen LogP contribution < -0.4 is 16.0 Å². The summed E-state index contributed by atoms with van der Waals surface area (Å²) in [5.41, 5.74) is 0. The summed E-state index contributed by atoms with van der Waals surface area (Å²) < 4.78 is 0. The van der Waals surface area contributed by atoms with E-state index in [1.54, 1.807) is 18.4 Å². The highest BCUT2D eigenvalue weighted by molar-refractivity contribution is 14.0. The summed E-state index contributed by atoms with van der Waals surface area (Å²) in [4.78, 5) is 17.6. The lowest BCUT2D eigenvalue weighted by Crippen LogP contribution is -2.46. The number of amides is 1. The van der Waals surface area contributed by atoms with Crippen LogP contribution in [0.15, 0.2) is 22.5 Å². The minimum atomic E-state index is 0. The molecule has 1 heterocycles. The molecular formula is C18H31IN4OS. The minimum absolute atomic E-state index is 0. The molecule has 5 nitrogen and oxygen atoms in total. The van der Waals surface area contributed by atoms with Gasteiger partial charge in [-0.2, -0.15) is 0 Å². The van der Waals surface area contributed by atoms with Gasteiger partial charge in [-0.1, -0.05) is 32.3 Å². The topological polar surface area (TPSA) is 65.5 Å². The predicted octanol–water partition coefficient (Wildman–Crippen LogP) is 3.16. The molecular weight excluding hydrogens is 447 g/mol. The van der Waals surface area contributed by atoms with Crippen molar-refractivity contribution >= 4 is 47.2 Å². The zero-order valence-corrected chi connectivity index (χ0v) is 18.4. The number of guanidine groups is 1. The number of nitrogens with zero attached hydrogens (tertiary/aromatic N) is 1. The maximum absolute atomic E-state index is 12.0. The Labute approximate surface area is 172 Å². The second kappa shape index (κ2) is 12.5. The van der Waals surface area contributed by atoms with E-state index in [1.807, 2.05) is 0 Å². The van der Waals surface area contributed by atoms with Crippen LogP contribution >= 0.6 is 35.3 Å². The Balaban J connectivity index is 0.00000312. The zero-order chi connectivity index (χ0) is 17.2. The van der Waals surface area contributed by atoms with E-state index in [0.29, 0.717) is 17.9 Å². The Bertz CT molecular complexity index is 515. The molecule has 0 bridgehead atoms. The quantitative estimate of drug-likeness (QED) is 0.321. The highest BCUT2D eigenvalue weighted by Gasteiger charge is 2.15. The lowest BCUT2D eigenvalue weighted by molar-refractivity contribution is -0.120. The summed E-state index contributed by atoms with van der Waals surface area (Å²) in [6, 6.07) is 4.61. The number of aliphatic imine (C=N–C) groups is 1. The number of carbonyl (C=O) groups excluding carboxylic acids is 1. The van der Waals surface area contributed by atoms with Crippen LogP contribution in [0.25, 0.3) is 0 Å². The van der Waals surface area contributed by atoms with Crippen LogP contribution in [-0.2, 0) is 11.2 Å². The molecule has 1 aliphatic rings. The maximum atomic E-state index is 12.0. The van der Waals surface area contributed by atoms with Gasteiger partial charge in [-0.25, -0.2) is 0 Å². The molecule has 7 heteroatoms. The summed E-state index contributed by atoms with van der Waals surface area (Å²) >= 11 is 1.80. The van der Waals surface area contributed by atoms with Gasteiger partial charge < -0.3 is 16.0 Å². The highest BCUT2D eigenvalue weighted by atomic mass is 127. The second-order valence-electron chi connectivity index (χ2n) is 6.60. The van der Waals surface area contributed by atoms with Crippen molar-refractivity contribution in [2.24, 2.45) is 10.9 Å². The average Bonchev–Trinajstić information content (AvgIpc) is 3.09. The second-order valence-corrected chi connectivity index (χ2v) is 7.63. The third kappa shape index (κ3) is 8.89. The van der Waals surface area contributed by atoms with Gasteiger partial charge in [0.1, 0.15) is 0 Å². The molecule has 1 saturated carbocycles. The van der Waals surface area contributed by atoms with Crippen LogP contribution in [0, 0.1) is 5.92 Å². The van der Waals surface area contributed by atoms with E-state index in [0.717, 1.165) is 25.8 Å². The molecule has 1 atom stereocenters. The Morgan fingerprint density at radius 2 is 2.08 bits per heavy atom. The monoisotopic (exact) mass is 478 g/mol. The summed E-state index contributed by atoms with van der Waals surface area (Å²) in [6.45, 7) is 3.33. The van der Waals surface area contributed by atoms with Gasteiger partial charge in [0.05, 0.1) is 6.54 Å². The number of halogens is 1. The number of rotatable bonds is 7. The van der Waals surface area contributed by atoms with E-state index in [2.05, 4.69) is 45.4 Å². The molecule has 0 aromatic carbocycles. The van der Waals surface area contributed by atoms with Crippen molar-refractivity contribution in [1.82, 2.24) is 16.0 Å². The van der Waals surface area contributed by atoms with E-state index >= 15 is 0 Å². The first-order valence-electron chi connectivity index (χ1n) is 8.93. The van der Waals surface area contributed by atoms with E-state index in [-0.39, 0.29) is 36.4 Å². The number of hydrogen-bond donors (Lipinski definition) is 3. The van der Waals surface area contributed by atoms with Crippen molar-refractivity contribution < 1.29 is 4.79 Å². The number of carbonyl (C=O) groups is 1. The van der Waals surface area contributed by atoms with E-state index in [4.69, 9.17) is 0 Å². The van der Waals surface area contributed by atoms with Gasteiger partial charge >= 0.3 is 0 Å². The Morgan fingerprint density at radius 1 is 1.32 bits per heavy atom. The minimum Gasteiger partial charge on any atom is -0.356 e. The first-order valence-corrected chi connectivity index (χ1v) is 9.81. The predicted molar refractivity (Wildman–Crippen MR) is 117 cm³/mol. The fraction of sp³-hybridized carbons (Fsp3) is 0.667. The van der Waals surface area contributed by atoms with Gasteiger partial charge in [-0.3, -0.25) is 9.79 Å². The molecule has 1 aromatic heterocycles. The van der Waals surface area contributed by atoms with Crippen LogP contribution in [-0.4, -0.2) is 38.0 Å². The smallest absolute Gasteiger partial charge is 0.239 e. The largest absolute Gasteiger partial charge is 0.356 e. The lowest BCUT2D eigenvalue weighted by atomic mass is 9.95. The van der Waals surface area contributed by atoms with Gasteiger partial charge in [-0.15, -0.1) is 35.3 Å². The summed E-state index contributed by atoms with van der Waals surface area (Å²) in [5, 5.41) is 11.6. The molecule has 0 aliphatic heterocycles. The third-order valence-electron chi connectivity index (χ3n) is 4.36. The van der Waals surface area contributed by atoms with Crippen LogP contribution in [0.5, 0.6) is 0 Å². The standard InChI is InChI=1S/C18H30N4OS.HI/c1-14(11-16-9-6-10-24-16)12-20-18(19-2)21-13-17(23)22-15-7-4-3-5-8-15;/h6,9-10,14-15H,3-5,7-8,11-13H2,1-2H3,(H,22,23)(H2,19,20,21);1H.